The van der Waals surface area contributed by atoms with Crippen LogP contribution in [-0.4, -0.2) is 23.9 Å². The molecule has 0 atom stereocenters. The monoisotopic (exact) mass is 385 g/mol. The number of rotatable bonds is 5. The molecule has 0 aromatic heterocycles. The molecule has 1 heterocycles. The number of hydrogen-bond acceptors (Lipinski definition) is 4. The third-order valence-corrected chi connectivity index (χ3v) is 4.73. The molecule has 6 nitrogen and oxygen atoms in total. The number of hydrogen-bond donors (Lipinski definition) is 1. The average Bonchev–Trinajstić information content (AvgIpc) is 2.67. The lowest BCUT2D eigenvalue weighted by atomic mass is 10.1. The predicted molar refractivity (Wildman–Crippen MR) is 108 cm³/mol. The number of halogens is 1. The van der Waals surface area contributed by atoms with E-state index in [1.807, 2.05) is 12.1 Å². The first-order valence-corrected chi connectivity index (χ1v) is 9.19. The van der Waals surface area contributed by atoms with Crippen LogP contribution in [0.2, 0.25) is 5.02 Å². The molecular formula is C20H20ClN3O3. The van der Waals surface area contributed by atoms with Crippen molar-refractivity contribution in [2.24, 2.45) is 0 Å². The zero-order chi connectivity index (χ0) is 19.2. The highest BCUT2D eigenvalue weighted by molar-refractivity contribution is 6.34. The van der Waals surface area contributed by atoms with Crippen molar-refractivity contribution in [3.63, 3.8) is 0 Å². The van der Waals surface area contributed by atoms with Gasteiger partial charge in [-0.2, -0.15) is 0 Å². The molecule has 1 N–H and O–H groups in total. The Labute approximate surface area is 162 Å². The maximum Gasteiger partial charge on any atom is 0.270 e. The zero-order valence-corrected chi connectivity index (χ0v) is 15.5. The summed E-state index contributed by atoms with van der Waals surface area (Å²) in [6.45, 7) is 1.83. The minimum absolute atomic E-state index is 0.0141. The second-order valence-electron chi connectivity index (χ2n) is 6.36. The van der Waals surface area contributed by atoms with E-state index in [9.17, 15) is 14.9 Å². The number of carbonyl (C=O) groups is 1. The van der Waals surface area contributed by atoms with Crippen LogP contribution in [0.25, 0.3) is 6.08 Å². The SMILES string of the molecule is O=C(/C=C/c1cccc([N+](=O)[O-])c1)Nc1cccc(Cl)c1N1CCCCC1. The van der Waals surface area contributed by atoms with Crippen molar-refractivity contribution < 1.29 is 9.72 Å². The average molecular weight is 386 g/mol. The second kappa shape index (κ2) is 8.68. The van der Waals surface area contributed by atoms with Gasteiger partial charge in [-0.1, -0.05) is 29.8 Å². The van der Waals surface area contributed by atoms with Gasteiger partial charge in [-0.3, -0.25) is 14.9 Å². The van der Waals surface area contributed by atoms with Gasteiger partial charge in [0.25, 0.3) is 5.69 Å². The molecule has 7 heteroatoms. The molecule has 27 heavy (non-hydrogen) atoms. The first-order chi connectivity index (χ1) is 13.0. The van der Waals surface area contributed by atoms with Gasteiger partial charge in [-0.05, 0) is 43.0 Å². The highest BCUT2D eigenvalue weighted by Gasteiger charge is 2.18. The summed E-state index contributed by atoms with van der Waals surface area (Å²) in [4.78, 5) is 24.9. The van der Waals surface area contributed by atoms with Gasteiger partial charge in [-0.15, -0.1) is 0 Å². The Balaban J connectivity index is 1.75. The Morgan fingerprint density at radius 2 is 1.89 bits per heavy atom. The normalized spacial score (nSPS) is 14.3. The van der Waals surface area contributed by atoms with Crippen molar-refractivity contribution in [2.75, 3.05) is 23.3 Å². The van der Waals surface area contributed by atoms with Crippen molar-refractivity contribution in [1.29, 1.82) is 0 Å². The van der Waals surface area contributed by atoms with Crippen molar-refractivity contribution >= 4 is 40.6 Å². The Morgan fingerprint density at radius 3 is 2.63 bits per heavy atom. The smallest absolute Gasteiger partial charge is 0.270 e. The van der Waals surface area contributed by atoms with Crippen LogP contribution in [0.5, 0.6) is 0 Å². The topological polar surface area (TPSA) is 75.5 Å². The highest BCUT2D eigenvalue weighted by Crippen LogP contribution is 2.35. The van der Waals surface area contributed by atoms with Gasteiger partial charge in [0.05, 0.1) is 21.3 Å². The number of anilines is 2. The summed E-state index contributed by atoms with van der Waals surface area (Å²) in [6.07, 6.45) is 6.32. The van der Waals surface area contributed by atoms with Crippen LogP contribution in [0.3, 0.4) is 0 Å². The molecule has 2 aromatic carbocycles. The summed E-state index contributed by atoms with van der Waals surface area (Å²) in [7, 11) is 0. The van der Waals surface area contributed by atoms with Gasteiger partial charge in [0.15, 0.2) is 0 Å². The van der Waals surface area contributed by atoms with Crippen LogP contribution in [0.1, 0.15) is 24.8 Å². The van der Waals surface area contributed by atoms with Crippen LogP contribution in [0.4, 0.5) is 17.1 Å². The van der Waals surface area contributed by atoms with E-state index in [4.69, 9.17) is 11.6 Å². The summed E-state index contributed by atoms with van der Waals surface area (Å²) >= 11 is 6.39. The van der Waals surface area contributed by atoms with Gasteiger partial charge >= 0.3 is 0 Å². The fraction of sp³-hybridized carbons (Fsp3) is 0.250. The van der Waals surface area contributed by atoms with E-state index in [0.717, 1.165) is 31.6 Å². The molecule has 0 unspecified atom stereocenters. The van der Waals surface area contributed by atoms with Gasteiger partial charge in [-0.25, -0.2) is 0 Å². The number of nitro benzene ring substituents is 1. The molecule has 2 aromatic rings. The fourth-order valence-electron chi connectivity index (χ4n) is 3.14. The van der Waals surface area contributed by atoms with E-state index in [0.29, 0.717) is 16.3 Å². The van der Waals surface area contributed by atoms with Crippen molar-refractivity contribution in [3.8, 4) is 0 Å². The fourth-order valence-corrected chi connectivity index (χ4v) is 3.44. The third kappa shape index (κ3) is 4.86. The van der Waals surface area contributed by atoms with Gasteiger partial charge in [0, 0.05) is 31.3 Å². The lowest BCUT2D eigenvalue weighted by Crippen LogP contribution is -2.30. The Bertz CT molecular complexity index is 877. The number of nitrogens with one attached hydrogen (secondary N) is 1. The predicted octanol–water partition coefficient (Wildman–Crippen LogP) is 4.89. The first-order valence-electron chi connectivity index (χ1n) is 8.81. The van der Waals surface area contributed by atoms with Crippen LogP contribution in [0, 0.1) is 10.1 Å². The number of nitro groups is 1. The molecule has 1 fully saturated rings. The maximum atomic E-state index is 12.4. The van der Waals surface area contributed by atoms with E-state index < -0.39 is 4.92 Å². The number of non-ortho nitro benzene ring substituents is 1. The summed E-state index contributed by atoms with van der Waals surface area (Å²) in [6, 6.07) is 11.6. The van der Waals surface area contributed by atoms with Crippen LogP contribution in [0.15, 0.2) is 48.5 Å². The second-order valence-corrected chi connectivity index (χ2v) is 6.77. The molecule has 0 saturated carbocycles. The van der Waals surface area contributed by atoms with E-state index in [2.05, 4.69) is 10.2 Å². The lowest BCUT2D eigenvalue weighted by molar-refractivity contribution is -0.384. The number of benzene rings is 2. The standard InChI is InChI=1S/C20H20ClN3O3/c21-17-8-5-9-18(20(17)23-12-2-1-3-13-23)22-19(25)11-10-15-6-4-7-16(14-15)24(26)27/h4-11,14H,1-3,12-13H2,(H,22,25)/b11-10+. The van der Waals surface area contributed by atoms with E-state index in [1.54, 1.807) is 24.3 Å². The summed E-state index contributed by atoms with van der Waals surface area (Å²) in [5.74, 6) is -0.318. The molecule has 1 amide bonds. The minimum Gasteiger partial charge on any atom is -0.369 e. The van der Waals surface area contributed by atoms with Crippen molar-refractivity contribution in [1.82, 2.24) is 0 Å². The Morgan fingerprint density at radius 1 is 1.15 bits per heavy atom. The molecule has 0 aliphatic carbocycles. The number of para-hydroxylation sites is 1. The van der Waals surface area contributed by atoms with E-state index >= 15 is 0 Å². The number of carbonyl (C=O) groups excluding carboxylic acids is 1. The minimum atomic E-state index is -0.464. The van der Waals surface area contributed by atoms with Crippen LogP contribution >= 0.6 is 11.6 Å². The summed E-state index contributed by atoms with van der Waals surface area (Å²) < 4.78 is 0. The Kier molecular flexibility index (Phi) is 6.08. The molecule has 0 bridgehead atoms. The number of amides is 1. The third-order valence-electron chi connectivity index (χ3n) is 4.43. The van der Waals surface area contributed by atoms with Crippen molar-refractivity contribution in [2.45, 2.75) is 19.3 Å². The molecule has 0 radical (unpaired) electrons. The molecule has 1 saturated heterocycles. The number of nitrogens with zero attached hydrogens (tertiary/aromatic N) is 2. The van der Waals surface area contributed by atoms with E-state index in [1.165, 1.54) is 24.6 Å². The zero-order valence-electron chi connectivity index (χ0n) is 14.7. The first kappa shape index (κ1) is 18.9. The molecule has 3 rings (SSSR count). The van der Waals surface area contributed by atoms with Gasteiger partial charge in [0.2, 0.25) is 5.91 Å². The van der Waals surface area contributed by atoms with E-state index in [-0.39, 0.29) is 11.6 Å². The maximum absolute atomic E-state index is 12.4. The van der Waals surface area contributed by atoms with Crippen LogP contribution < -0.4 is 10.2 Å². The molecular weight excluding hydrogens is 366 g/mol. The molecule has 140 valence electrons. The van der Waals surface area contributed by atoms with Crippen molar-refractivity contribution in [3.05, 3.63) is 69.2 Å². The number of piperidine rings is 1. The Hall–Kier alpha value is -2.86. The largest absolute Gasteiger partial charge is 0.369 e. The van der Waals surface area contributed by atoms with Crippen LogP contribution in [-0.2, 0) is 4.79 Å². The summed E-state index contributed by atoms with van der Waals surface area (Å²) in [5, 5.41) is 14.3. The quantitative estimate of drug-likeness (QED) is 0.451. The highest BCUT2D eigenvalue weighted by atomic mass is 35.5. The summed E-state index contributed by atoms with van der Waals surface area (Å²) in [5.41, 5.74) is 2.08. The van der Waals surface area contributed by atoms with Gasteiger partial charge in [0.1, 0.15) is 0 Å². The molecule has 1 aliphatic rings. The van der Waals surface area contributed by atoms with Gasteiger partial charge < -0.3 is 10.2 Å². The molecule has 0 spiro atoms. The molecule has 1 aliphatic heterocycles. The lowest BCUT2D eigenvalue weighted by Gasteiger charge is -2.31.